The van der Waals surface area contributed by atoms with Crippen LogP contribution in [0.15, 0.2) is 17.1 Å². The average molecular weight is 338 g/mol. The first-order chi connectivity index (χ1) is 11.2. The second-order valence-corrected chi connectivity index (χ2v) is 7.51. The molecule has 0 saturated carbocycles. The first-order valence-electron chi connectivity index (χ1n) is 8.65. The number of hydrogen-bond acceptors (Lipinski definition) is 4. The van der Waals surface area contributed by atoms with Gasteiger partial charge in [0.15, 0.2) is 5.96 Å². The Morgan fingerprint density at radius 3 is 2.83 bits per heavy atom. The van der Waals surface area contributed by atoms with Crippen LogP contribution in [0.3, 0.4) is 0 Å². The van der Waals surface area contributed by atoms with Crippen molar-refractivity contribution in [1.29, 1.82) is 0 Å². The molecule has 6 heteroatoms. The summed E-state index contributed by atoms with van der Waals surface area (Å²) >= 11 is 1.82. The third kappa shape index (κ3) is 6.89. The topological polar surface area (TPSA) is 42.9 Å². The van der Waals surface area contributed by atoms with E-state index < -0.39 is 0 Å². The summed E-state index contributed by atoms with van der Waals surface area (Å²) in [5.41, 5.74) is 0. The average Bonchev–Trinajstić information content (AvgIpc) is 2.83. The summed E-state index contributed by atoms with van der Waals surface area (Å²) < 4.78 is 0. The zero-order chi connectivity index (χ0) is 16.5. The molecule has 2 rings (SSSR count). The van der Waals surface area contributed by atoms with Crippen molar-refractivity contribution < 1.29 is 0 Å². The molecule has 5 nitrogen and oxygen atoms in total. The van der Waals surface area contributed by atoms with Crippen molar-refractivity contribution in [2.45, 2.75) is 26.8 Å². The highest BCUT2D eigenvalue weighted by atomic mass is 32.1. The molecule has 1 aromatic heterocycles. The molecule has 1 aromatic rings. The summed E-state index contributed by atoms with van der Waals surface area (Å²) in [6, 6.07) is 4.33. The van der Waals surface area contributed by atoms with Gasteiger partial charge in [0, 0.05) is 42.5 Å². The van der Waals surface area contributed by atoms with Crippen LogP contribution in [-0.2, 0) is 6.54 Å². The molecule has 2 heterocycles. The predicted octanol–water partition coefficient (Wildman–Crippen LogP) is 1.75. The molecule has 1 fully saturated rings. The maximum Gasteiger partial charge on any atom is 0.191 e. The van der Waals surface area contributed by atoms with E-state index >= 15 is 0 Å². The number of hydrogen-bond donors (Lipinski definition) is 2. The van der Waals surface area contributed by atoms with Crippen LogP contribution in [0.1, 0.15) is 23.1 Å². The minimum atomic E-state index is 0.752. The molecule has 0 aromatic carbocycles. The SMILES string of the molecule is CCNC(=NCc1ccc(C)s1)NCCN1CCCN(C)CC1. The Balaban J connectivity index is 1.75. The molecule has 0 atom stereocenters. The van der Waals surface area contributed by atoms with Gasteiger partial charge < -0.3 is 20.4 Å². The third-order valence-electron chi connectivity index (χ3n) is 4.07. The lowest BCUT2D eigenvalue weighted by Crippen LogP contribution is -2.42. The summed E-state index contributed by atoms with van der Waals surface area (Å²) in [4.78, 5) is 12.3. The van der Waals surface area contributed by atoms with Gasteiger partial charge >= 0.3 is 0 Å². The second-order valence-electron chi connectivity index (χ2n) is 6.13. The van der Waals surface area contributed by atoms with E-state index in [4.69, 9.17) is 0 Å². The minimum Gasteiger partial charge on any atom is -0.357 e. The quantitative estimate of drug-likeness (QED) is 0.613. The van der Waals surface area contributed by atoms with Gasteiger partial charge in [-0.25, -0.2) is 4.99 Å². The molecule has 0 unspecified atom stereocenters. The summed E-state index contributed by atoms with van der Waals surface area (Å²) in [6.07, 6.45) is 1.27. The van der Waals surface area contributed by atoms with Crippen LogP contribution in [0, 0.1) is 6.92 Å². The lowest BCUT2D eigenvalue weighted by Gasteiger charge is -2.21. The number of nitrogens with one attached hydrogen (secondary N) is 2. The summed E-state index contributed by atoms with van der Waals surface area (Å²) in [5, 5.41) is 6.80. The highest BCUT2D eigenvalue weighted by molar-refractivity contribution is 7.11. The Morgan fingerprint density at radius 2 is 2.09 bits per heavy atom. The molecular weight excluding hydrogens is 306 g/mol. The van der Waals surface area contributed by atoms with Gasteiger partial charge in [-0.15, -0.1) is 11.3 Å². The van der Waals surface area contributed by atoms with Gasteiger partial charge in [0.1, 0.15) is 0 Å². The minimum absolute atomic E-state index is 0.752. The van der Waals surface area contributed by atoms with Crippen molar-refractivity contribution >= 4 is 17.3 Å². The van der Waals surface area contributed by atoms with Crippen molar-refractivity contribution in [2.75, 3.05) is 52.9 Å². The Kier molecular flexibility index (Phi) is 7.85. The number of likely N-dealkylation sites (N-methyl/N-ethyl adjacent to an activating group) is 1. The fraction of sp³-hybridized carbons (Fsp3) is 0.706. The van der Waals surface area contributed by atoms with Crippen LogP contribution in [0.4, 0.5) is 0 Å². The molecule has 130 valence electrons. The molecule has 0 amide bonds. The Morgan fingerprint density at radius 1 is 1.22 bits per heavy atom. The standard InChI is InChI=1S/C17H31N5S/c1-4-18-17(20-14-16-7-6-15(2)23-16)19-8-11-22-10-5-9-21(3)12-13-22/h6-7H,4-5,8-14H2,1-3H3,(H2,18,19,20). The van der Waals surface area contributed by atoms with Crippen molar-refractivity contribution in [3.63, 3.8) is 0 Å². The zero-order valence-corrected chi connectivity index (χ0v) is 15.6. The van der Waals surface area contributed by atoms with E-state index in [1.165, 1.54) is 42.4 Å². The molecule has 0 radical (unpaired) electrons. The third-order valence-corrected chi connectivity index (χ3v) is 5.05. The van der Waals surface area contributed by atoms with E-state index in [0.717, 1.165) is 32.1 Å². The highest BCUT2D eigenvalue weighted by Gasteiger charge is 2.11. The fourth-order valence-corrected chi connectivity index (χ4v) is 3.54. The first-order valence-corrected chi connectivity index (χ1v) is 9.47. The van der Waals surface area contributed by atoms with Crippen molar-refractivity contribution in [2.24, 2.45) is 4.99 Å². The van der Waals surface area contributed by atoms with Gasteiger partial charge in [-0.2, -0.15) is 0 Å². The summed E-state index contributed by atoms with van der Waals surface area (Å²) in [5.74, 6) is 0.922. The number of nitrogens with zero attached hydrogens (tertiary/aromatic N) is 3. The molecule has 1 aliphatic rings. The van der Waals surface area contributed by atoms with E-state index in [0.29, 0.717) is 0 Å². The number of thiophene rings is 1. The van der Waals surface area contributed by atoms with Crippen LogP contribution >= 0.6 is 11.3 Å². The van der Waals surface area contributed by atoms with Crippen LogP contribution in [0.25, 0.3) is 0 Å². The molecule has 0 aliphatic carbocycles. The van der Waals surface area contributed by atoms with Gasteiger partial charge in [0.05, 0.1) is 6.54 Å². The van der Waals surface area contributed by atoms with Crippen LogP contribution in [-0.4, -0.2) is 68.6 Å². The van der Waals surface area contributed by atoms with Crippen LogP contribution in [0.5, 0.6) is 0 Å². The van der Waals surface area contributed by atoms with Crippen molar-refractivity contribution in [1.82, 2.24) is 20.4 Å². The van der Waals surface area contributed by atoms with E-state index in [1.807, 2.05) is 11.3 Å². The summed E-state index contributed by atoms with van der Waals surface area (Å²) in [7, 11) is 2.21. The van der Waals surface area contributed by atoms with Crippen LogP contribution in [0.2, 0.25) is 0 Å². The largest absolute Gasteiger partial charge is 0.357 e. The fourth-order valence-electron chi connectivity index (χ4n) is 2.72. The molecule has 0 bridgehead atoms. The number of aryl methyl sites for hydroxylation is 1. The number of guanidine groups is 1. The molecule has 0 spiro atoms. The predicted molar refractivity (Wildman–Crippen MR) is 100 cm³/mol. The molecule has 1 saturated heterocycles. The maximum absolute atomic E-state index is 4.69. The Labute approximate surface area is 144 Å². The smallest absolute Gasteiger partial charge is 0.191 e. The van der Waals surface area contributed by atoms with Gasteiger partial charge in [0.25, 0.3) is 0 Å². The molecule has 1 aliphatic heterocycles. The highest BCUT2D eigenvalue weighted by Crippen LogP contribution is 2.15. The molecular formula is C17H31N5S. The van der Waals surface area contributed by atoms with E-state index in [-0.39, 0.29) is 0 Å². The van der Waals surface area contributed by atoms with E-state index in [2.05, 4.69) is 58.5 Å². The van der Waals surface area contributed by atoms with Crippen molar-refractivity contribution in [3.05, 3.63) is 21.9 Å². The molecule has 23 heavy (non-hydrogen) atoms. The van der Waals surface area contributed by atoms with Gasteiger partial charge in [-0.05, 0) is 52.5 Å². The zero-order valence-electron chi connectivity index (χ0n) is 14.8. The van der Waals surface area contributed by atoms with E-state index in [1.54, 1.807) is 0 Å². The maximum atomic E-state index is 4.69. The van der Waals surface area contributed by atoms with E-state index in [9.17, 15) is 0 Å². The number of aliphatic imine (C=N–C) groups is 1. The molecule has 2 N–H and O–H groups in total. The Bertz CT molecular complexity index is 485. The van der Waals surface area contributed by atoms with Crippen molar-refractivity contribution in [3.8, 4) is 0 Å². The summed E-state index contributed by atoms with van der Waals surface area (Å²) in [6.45, 7) is 12.7. The normalized spacial score (nSPS) is 18.0. The first kappa shape index (κ1) is 18.2. The lowest BCUT2D eigenvalue weighted by molar-refractivity contribution is 0.280. The number of rotatable bonds is 6. The van der Waals surface area contributed by atoms with Gasteiger partial charge in [-0.1, -0.05) is 0 Å². The lowest BCUT2D eigenvalue weighted by atomic mass is 10.4. The second kappa shape index (κ2) is 9.90. The van der Waals surface area contributed by atoms with Gasteiger partial charge in [-0.3, -0.25) is 0 Å². The van der Waals surface area contributed by atoms with Gasteiger partial charge in [0.2, 0.25) is 0 Å². The van der Waals surface area contributed by atoms with Crippen LogP contribution < -0.4 is 10.6 Å². The monoisotopic (exact) mass is 337 g/mol. The Hall–Kier alpha value is -1.11.